The number of hydrogen-bond acceptors (Lipinski definition) is 3. The fourth-order valence-electron chi connectivity index (χ4n) is 1.17. The molecule has 100 valence electrons. The van der Waals surface area contributed by atoms with Gasteiger partial charge >= 0.3 is 12.1 Å². The number of pyridine rings is 1. The Morgan fingerprint density at radius 1 is 1.44 bits per heavy atom. The van der Waals surface area contributed by atoms with Gasteiger partial charge in [-0.05, 0) is 13.0 Å². The van der Waals surface area contributed by atoms with Crippen LogP contribution in [0, 0.1) is 0 Å². The van der Waals surface area contributed by atoms with Gasteiger partial charge in [-0.25, -0.2) is 18.6 Å². The molecule has 3 nitrogen and oxygen atoms in total. The summed E-state index contributed by atoms with van der Waals surface area (Å²) >= 11 is 0. The van der Waals surface area contributed by atoms with Crippen LogP contribution in [0.15, 0.2) is 12.3 Å². The number of ether oxygens (including phenoxy) is 1. The Labute approximate surface area is 98.6 Å². The van der Waals surface area contributed by atoms with Gasteiger partial charge in [0.25, 0.3) is 6.43 Å². The van der Waals surface area contributed by atoms with Crippen LogP contribution in [-0.2, 0) is 10.9 Å². The van der Waals surface area contributed by atoms with Crippen molar-refractivity contribution in [3.8, 4) is 0 Å². The number of hydrogen-bond donors (Lipinski definition) is 0. The van der Waals surface area contributed by atoms with E-state index in [4.69, 9.17) is 0 Å². The molecular weight excluding hydrogens is 261 g/mol. The molecule has 0 unspecified atom stereocenters. The van der Waals surface area contributed by atoms with Crippen molar-refractivity contribution < 1.29 is 31.5 Å². The van der Waals surface area contributed by atoms with E-state index in [1.165, 1.54) is 6.92 Å². The Kier molecular flexibility index (Phi) is 4.20. The van der Waals surface area contributed by atoms with Gasteiger partial charge in [0.1, 0.15) is 0 Å². The number of halogens is 5. The normalized spacial score (nSPS) is 11.7. The van der Waals surface area contributed by atoms with Crippen LogP contribution in [0.4, 0.5) is 22.0 Å². The van der Waals surface area contributed by atoms with Gasteiger partial charge in [0.05, 0.1) is 17.7 Å². The molecule has 1 aromatic rings. The van der Waals surface area contributed by atoms with Crippen molar-refractivity contribution in [1.29, 1.82) is 0 Å². The van der Waals surface area contributed by atoms with Gasteiger partial charge in [0.2, 0.25) is 0 Å². The second kappa shape index (κ2) is 5.28. The minimum absolute atomic E-state index is 0.0930. The molecule has 0 fully saturated rings. The standard InChI is InChI=1S/C10H8F5NO2/c1-2-18-9(17)7-6(8(11)12)3-5(4-16-7)10(13,14)15/h3-4,8H,2H2,1H3. The Hall–Kier alpha value is -1.73. The van der Waals surface area contributed by atoms with E-state index >= 15 is 0 Å². The monoisotopic (exact) mass is 269 g/mol. The number of carbonyl (C=O) groups excluding carboxylic acids is 1. The fourth-order valence-corrected chi connectivity index (χ4v) is 1.17. The highest BCUT2D eigenvalue weighted by Gasteiger charge is 2.33. The summed E-state index contributed by atoms with van der Waals surface area (Å²) in [5, 5.41) is 0. The predicted octanol–water partition coefficient (Wildman–Crippen LogP) is 3.21. The molecule has 0 spiro atoms. The molecule has 0 radical (unpaired) electrons. The van der Waals surface area contributed by atoms with E-state index in [1.807, 2.05) is 0 Å². The lowest BCUT2D eigenvalue weighted by atomic mass is 10.1. The first-order chi connectivity index (χ1) is 8.27. The fraction of sp³-hybridized carbons (Fsp3) is 0.400. The van der Waals surface area contributed by atoms with Gasteiger partial charge in [-0.1, -0.05) is 0 Å². The zero-order valence-electron chi connectivity index (χ0n) is 9.09. The summed E-state index contributed by atoms with van der Waals surface area (Å²) in [7, 11) is 0. The van der Waals surface area contributed by atoms with E-state index in [-0.39, 0.29) is 12.7 Å². The largest absolute Gasteiger partial charge is 0.461 e. The summed E-state index contributed by atoms with van der Waals surface area (Å²) in [6, 6.07) is 0.198. The maximum absolute atomic E-state index is 12.6. The molecule has 0 aliphatic carbocycles. The molecule has 0 bridgehead atoms. The van der Waals surface area contributed by atoms with Gasteiger partial charge in [0.15, 0.2) is 5.69 Å². The third kappa shape index (κ3) is 3.14. The Balaban J connectivity index is 3.25. The smallest absolute Gasteiger partial charge is 0.417 e. The Bertz CT molecular complexity index is 444. The lowest BCUT2D eigenvalue weighted by molar-refractivity contribution is -0.138. The van der Waals surface area contributed by atoms with Crippen molar-refractivity contribution in [2.75, 3.05) is 6.61 Å². The van der Waals surface area contributed by atoms with Crippen LogP contribution in [0.1, 0.15) is 35.0 Å². The summed E-state index contributed by atoms with van der Waals surface area (Å²) in [5.74, 6) is -1.18. The van der Waals surface area contributed by atoms with E-state index < -0.39 is 35.4 Å². The number of nitrogens with zero attached hydrogens (tertiary/aromatic N) is 1. The number of aromatic nitrogens is 1. The van der Waals surface area contributed by atoms with Crippen LogP contribution >= 0.6 is 0 Å². The Morgan fingerprint density at radius 2 is 2.06 bits per heavy atom. The first kappa shape index (κ1) is 14.3. The number of carbonyl (C=O) groups is 1. The van der Waals surface area contributed by atoms with Crippen LogP contribution in [0.3, 0.4) is 0 Å². The van der Waals surface area contributed by atoms with Gasteiger partial charge in [-0.3, -0.25) is 0 Å². The quantitative estimate of drug-likeness (QED) is 0.624. The highest BCUT2D eigenvalue weighted by molar-refractivity contribution is 5.89. The molecule has 0 aliphatic heterocycles. The zero-order chi connectivity index (χ0) is 13.9. The highest BCUT2D eigenvalue weighted by atomic mass is 19.4. The molecule has 1 heterocycles. The average molecular weight is 269 g/mol. The second-order valence-electron chi connectivity index (χ2n) is 3.18. The van der Waals surface area contributed by atoms with Crippen LogP contribution in [-0.4, -0.2) is 17.6 Å². The molecule has 8 heteroatoms. The van der Waals surface area contributed by atoms with Crippen molar-refractivity contribution >= 4 is 5.97 Å². The minimum Gasteiger partial charge on any atom is -0.461 e. The maximum Gasteiger partial charge on any atom is 0.417 e. The van der Waals surface area contributed by atoms with Crippen molar-refractivity contribution in [3.63, 3.8) is 0 Å². The van der Waals surface area contributed by atoms with Crippen LogP contribution < -0.4 is 0 Å². The van der Waals surface area contributed by atoms with Crippen LogP contribution in [0.25, 0.3) is 0 Å². The molecule has 0 aromatic carbocycles. The van der Waals surface area contributed by atoms with Gasteiger partial charge in [-0.2, -0.15) is 13.2 Å². The van der Waals surface area contributed by atoms with Crippen molar-refractivity contribution in [2.45, 2.75) is 19.5 Å². The summed E-state index contributed by atoms with van der Waals surface area (Å²) in [5.41, 5.74) is -3.24. The molecule has 0 amide bonds. The maximum atomic E-state index is 12.6. The Morgan fingerprint density at radius 3 is 2.50 bits per heavy atom. The number of alkyl halides is 5. The van der Waals surface area contributed by atoms with Gasteiger partial charge in [-0.15, -0.1) is 0 Å². The molecule has 1 rings (SSSR count). The lowest BCUT2D eigenvalue weighted by Crippen LogP contribution is -2.14. The number of esters is 1. The van der Waals surface area contributed by atoms with Crippen LogP contribution in [0.2, 0.25) is 0 Å². The average Bonchev–Trinajstić information content (AvgIpc) is 2.27. The SMILES string of the molecule is CCOC(=O)c1ncc(C(F)(F)F)cc1C(F)F. The second-order valence-corrected chi connectivity index (χ2v) is 3.18. The third-order valence-corrected chi connectivity index (χ3v) is 1.95. The van der Waals surface area contributed by atoms with E-state index in [9.17, 15) is 26.7 Å². The van der Waals surface area contributed by atoms with Crippen LogP contribution in [0.5, 0.6) is 0 Å². The molecule has 0 saturated carbocycles. The molecule has 0 N–H and O–H groups in total. The van der Waals surface area contributed by atoms with E-state index in [2.05, 4.69) is 9.72 Å². The first-order valence-electron chi connectivity index (χ1n) is 4.79. The summed E-state index contributed by atoms with van der Waals surface area (Å²) in [6.45, 7) is 1.34. The summed E-state index contributed by atoms with van der Waals surface area (Å²) in [6.07, 6.45) is -7.73. The molecule has 0 atom stereocenters. The van der Waals surface area contributed by atoms with Gasteiger partial charge < -0.3 is 4.74 Å². The predicted molar refractivity (Wildman–Crippen MR) is 50.2 cm³/mol. The van der Waals surface area contributed by atoms with Crippen molar-refractivity contribution in [1.82, 2.24) is 4.98 Å². The molecule has 18 heavy (non-hydrogen) atoms. The van der Waals surface area contributed by atoms with Crippen molar-refractivity contribution in [2.24, 2.45) is 0 Å². The first-order valence-corrected chi connectivity index (χ1v) is 4.79. The molecule has 1 aromatic heterocycles. The summed E-state index contributed by atoms with van der Waals surface area (Å²) in [4.78, 5) is 14.3. The number of rotatable bonds is 3. The van der Waals surface area contributed by atoms with Crippen molar-refractivity contribution in [3.05, 3.63) is 29.1 Å². The summed E-state index contributed by atoms with van der Waals surface area (Å²) < 4.78 is 66.5. The van der Waals surface area contributed by atoms with E-state index in [1.54, 1.807) is 0 Å². The minimum atomic E-state index is -4.80. The topological polar surface area (TPSA) is 39.2 Å². The third-order valence-electron chi connectivity index (χ3n) is 1.95. The van der Waals surface area contributed by atoms with E-state index in [0.717, 1.165) is 0 Å². The molecule has 0 aliphatic rings. The lowest BCUT2D eigenvalue weighted by Gasteiger charge is -2.11. The zero-order valence-corrected chi connectivity index (χ0v) is 9.09. The highest BCUT2D eigenvalue weighted by Crippen LogP contribution is 2.32. The van der Waals surface area contributed by atoms with Gasteiger partial charge in [0, 0.05) is 6.20 Å². The van der Waals surface area contributed by atoms with E-state index in [0.29, 0.717) is 6.20 Å². The molecular formula is C10H8F5NO2. The molecule has 0 saturated heterocycles.